The lowest BCUT2D eigenvalue weighted by atomic mass is 10.1. The molecule has 3 aromatic carbocycles. The van der Waals surface area contributed by atoms with E-state index in [1.54, 1.807) is 12.1 Å². The van der Waals surface area contributed by atoms with Crippen LogP contribution in [-0.2, 0) is 10.0 Å². The standard InChI is InChI=1S/C29H25F2N5O5S/c1-32-26-16-22-25(17-28(26)40-13-2-14-42(38,39)36-20-7-8-20)33-12-11-27(22)41-21-9-10-24(23(31)15-21)35-29(37)34-19-5-3-18(30)4-6-19/h3-6,9-12,15-17,20,36H,2,7-8,13-14H2,(H2,34,35,37). The molecule has 0 unspecified atom stereocenters. The summed E-state index contributed by atoms with van der Waals surface area (Å²) in [5, 5.41) is 5.35. The Morgan fingerprint density at radius 2 is 1.81 bits per heavy atom. The zero-order valence-corrected chi connectivity index (χ0v) is 22.9. The molecule has 1 fully saturated rings. The topological polar surface area (TPSA) is 123 Å². The van der Waals surface area contributed by atoms with Gasteiger partial charge < -0.3 is 20.1 Å². The number of carbonyl (C=O) groups is 1. The Balaban J connectivity index is 1.24. The molecule has 1 aromatic heterocycles. The van der Waals surface area contributed by atoms with Crippen LogP contribution < -0.4 is 24.8 Å². The van der Waals surface area contributed by atoms with Crippen LogP contribution in [0, 0.1) is 18.2 Å². The van der Waals surface area contributed by atoms with Crippen LogP contribution in [0.2, 0.25) is 0 Å². The third kappa shape index (κ3) is 7.48. The van der Waals surface area contributed by atoms with E-state index >= 15 is 0 Å². The lowest BCUT2D eigenvalue weighted by Gasteiger charge is -2.13. The molecule has 42 heavy (non-hydrogen) atoms. The Labute approximate surface area is 240 Å². The minimum absolute atomic E-state index is 0.0410. The lowest BCUT2D eigenvalue weighted by Crippen LogP contribution is -2.28. The van der Waals surface area contributed by atoms with Gasteiger partial charge in [0.15, 0.2) is 0 Å². The Morgan fingerprint density at radius 1 is 1.02 bits per heavy atom. The van der Waals surface area contributed by atoms with Crippen molar-refractivity contribution in [1.29, 1.82) is 0 Å². The lowest BCUT2D eigenvalue weighted by molar-refractivity contribution is 0.262. The number of fused-ring (bicyclic) bond motifs is 1. The minimum Gasteiger partial charge on any atom is -0.505 e. The fraction of sp³-hybridized carbons (Fsp3) is 0.207. The number of nitrogens with one attached hydrogen (secondary N) is 3. The number of nitrogens with zero attached hydrogens (tertiary/aromatic N) is 2. The van der Waals surface area contributed by atoms with Crippen LogP contribution in [-0.4, -0.2) is 37.8 Å². The van der Waals surface area contributed by atoms with E-state index in [-0.39, 0.29) is 47.7 Å². The number of rotatable bonds is 11. The first-order valence-corrected chi connectivity index (χ1v) is 14.6. The second-order valence-corrected chi connectivity index (χ2v) is 11.4. The first-order chi connectivity index (χ1) is 20.2. The van der Waals surface area contributed by atoms with E-state index in [0.29, 0.717) is 22.3 Å². The molecule has 13 heteroatoms. The highest BCUT2D eigenvalue weighted by atomic mass is 32.2. The molecule has 0 atom stereocenters. The Kier molecular flexibility index (Phi) is 8.46. The molecule has 216 valence electrons. The number of aromatic nitrogens is 1. The third-order valence-corrected chi connectivity index (χ3v) is 7.68. The van der Waals surface area contributed by atoms with Gasteiger partial charge in [0.25, 0.3) is 0 Å². The van der Waals surface area contributed by atoms with Crippen LogP contribution in [0.4, 0.5) is 30.6 Å². The Hall–Kier alpha value is -4.80. The van der Waals surface area contributed by atoms with Crippen LogP contribution in [0.15, 0.2) is 66.9 Å². The van der Waals surface area contributed by atoms with Gasteiger partial charge in [0.1, 0.15) is 28.9 Å². The molecule has 0 radical (unpaired) electrons. The number of amides is 2. The van der Waals surface area contributed by atoms with Crippen molar-refractivity contribution in [2.45, 2.75) is 25.3 Å². The molecule has 3 N–H and O–H groups in total. The second kappa shape index (κ2) is 12.4. The van der Waals surface area contributed by atoms with Gasteiger partial charge >= 0.3 is 6.03 Å². The van der Waals surface area contributed by atoms with Crippen LogP contribution >= 0.6 is 0 Å². The average molecular weight is 594 g/mol. The van der Waals surface area contributed by atoms with Gasteiger partial charge in [-0.25, -0.2) is 31.6 Å². The van der Waals surface area contributed by atoms with Crippen molar-refractivity contribution in [2.24, 2.45) is 0 Å². The summed E-state index contributed by atoms with van der Waals surface area (Å²) in [6.07, 6.45) is 3.45. The number of urea groups is 1. The molecule has 0 aliphatic heterocycles. The van der Waals surface area contributed by atoms with Gasteiger partial charge in [-0.15, -0.1) is 0 Å². The van der Waals surface area contributed by atoms with Crippen LogP contribution in [0.1, 0.15) is 19.3 Å². The van der Waals surface area contributed by atoms with Gasteiger partial charge in [-0.05, 0) is 73.9 Å². The molecule has 2 amide bonds. The van der Waals surface area contributed by atoms with Crippen molar-refractivity contribution in [3.8, 4) is 17.2 Å². The molecule has 10 nitrogen and oxygen atoms in total. The van der Waals surface area contributed by atoms with E-state index < -0.39 is 27.7 Å². The van der Waals surface area contributed by atoms with Crippen molar-refractivity contribution in [3.63, 3.8) is 0 Å². The van der Waals surface area contributed by atoms with E-state index in [1.807, 2.05) is 0 Å². The number of hydrogen-bond acceptors (Lipinski definition) is 6. The fourth-order valence-corrected chi connectivity index (χ4v) is 5.34. The molecular formula is C29H25F2N5O5S. The smallest absolute Gasteiger partial charge is 0.323 e. The molecular weight excluding hydrogens is 568 g/mol. The fourth-order valence-electron chi connectivity index (χ4n) is 3.98. The summed E-state index contributed by atoms with van der Waals surface area (Å²) in [6.45, 7) is 7.67. The first-order valence-electron chi connectivity index (χ1n) is 12.9. The number of sulfonamides is 1. The van der Waals surface area contributed by atoms with Gasteiger partial charge in [0.05, 0.1) is 30.1 Å². The van der Waals surface area contributed by atoms with Gasteiger partial charge in [-0.3, -0.25) is 4.98 Å². The number of hydrogen-bond donors (Lipinski definition) is 3. The summed E-state index contributed by atoms with van der Waals surface area (Å²) in [5.74, 6) is -0.587. The zero-order valence-electron chi connectivity index (χ0n) is 22.1. The molecule has 1 saturated carbocycles. The predicted octanol–water partition coefficient (Wildman–Crippen LogP) is 6.35. The van der Waals surface area contributed by atoms with Crippen LogP contribution in [0.25, 0.3) is 15.7 Å². The molecule has 1 aliphatic carbocycles. The van der Waals surface area contributed by atoms with E-state index in [1.165, 1.54) is 48.7 Å². The molecule has 1 aliphatic rings. The van der Waals surface area contributed by atoms with E-state index in [9.17, 15) is 22.0 Å². The highest BCUT2D eigenvalue weighted by molar-refractivity contribution is 7.89. The van der Waals surface area contributed by atoms with Gasteiger partial charge in [0.2, 0.25) is 15.7 Å². The van der Waals surface area contributed by atoms with Crippen molar-refractivity contribution in [3.05, 3.63) is 89.9 Å². The van der Waals surface area contributed by atoms with E-state index in [2.05, 4.69) is 25.2 Å². The highest BCUT2D eigenvalue weighted by Crippen LogP contribution is 2.38. The van der Waals surface area contributed by atoms with Gasteiger partial charge in [-0.2, -0.15) is 0 Å². The quantitative estimate of drug-likeness (QED) is 0.138. The molecule has 0 spiro atoms. The van der Waals surface area contributed by atoms with Crippen molar-refractivity contribution < 1.29 is 31.5 Å². The molecule has 1 heterocycles. The Morgan fingerprint density at radius 3 is 2.52 bits per heavy atom. The average Bonchev–Trinajstić information content (AvgIpc) is 3.77. The minimum atomic E-state index is -3.37. The van der Waals surface area contributed by atoms with Crippen molar-refractivity contribution in [2.75, 3.05) is 23.0 Å². The van der Waals surface area contributed by atoms with Crippen molar-refractivity contribution in [1.82, 2.24) is 9.71 Å². The van der Waals surface area contributed by atoms with Crippen molar-refractivity contribution >= 4 is 44.0 Å². The van der Waals surface area contributed by atoms with Gasteiger partial charge in [0, 0.05) is 29.4 Å². The number of ether oxygens (including phenoxy) is 2. The molecule has 4 aromatic rings. The molecule has 5 rings (SSSR count). The summed E-state index contributed by atoms with van der Waals surface area (Å²) in [6, 6.07) is 13.0. The van der Waals surface area contributed by atoms with E-state index in [4.69, 9.17) is 16.0 Å². The second-order valence-electron chi connectivity index (χ2n) is 9.50. The largest absolute Gasteiger partial charge is 0.505 e. The zero-order chi connectivity index (χ0) is 29.7. The number of halogens is 2. The summed E-state index contributed by atoms with van der Waals surface area (Å²) < 4.78 is 66.2. The maximum Gasteiger partial charge on any atom is 0.323 e. The SMILES string of the molecule is [C-]#[N+]c1cc2c(Oc3ccc(NC(=O)Nc4ccc(F)cc4)c(F)c3)ccnc2cc1OCCCS(=O)(=O)NC1CC1. The first kappa shape index (κ1) is 28.7. The number of pyridine rings is 1. The summed E-state index contributed by atoms with van der Waals surface area (Å²) in [5.41, 5.74) is 0.862. The highest BCUT2D eigenvalue weighted by Gasteiger charge is 2.26. The predicted molar refractivity (Wildman–Crippen MR) is 154 cm³/mol. The molecule has 0 bridgehead atoms. The third-order valence-electron chi connectivity index (χ3n) is 6.16. The maximum atomic E-state index is 14.8. The number of anilines is 2. The van der Waals surface area contributed by atoms with Crippen LogP contribution in [0.3, 0.4) is 0 Å². The summed E-state index contributed by atoms with van der Waals surface area (Å²) >= 11 is 0. The Bertz CT molecular complexity index is 1770. The van der Waals surface area contributed by atoms with Gasteiger partial charge in [-0.1, -0.05) is 0 Å². The van der Waals surface area contributed by atoms with E-state index in [0.717, 1.165) is 18.9 Å². The number of benzene rings is 3. The normalized spacial score (nSPS) is 12.9. The number of carbonyl (C=O) groups excluding carboxylic acids is 1. The summed E-state index contributed by atoms with van der Waals surface area (Å²) in [7, 11) is -3.37. The monoisotopic (exact) mass is 593 g/mol. The molecule has 0 saturated heterocycles. The van der Waals surface area contributed by atoms with Crippen LogP contribution in [0.5, 0.6) is 17.2 Å². The summed E-state index contributed by atoms with van der Waals surface area (Å²) in [4.78, 5) is 20.0. The maximum absolute atomic E-state index is 14.8.